The number of imidazole rings is 1. The van der Waals surface area contributed by atoms with Gasteiger partial charge in [0.05, 0.1) is 22.3 Å². The third-order valence-electron chi connectivity index (χ3n) is 2.95. The Hall–Kier alpha value is -2.14. The number of aliphatic carboxylic acids is 1. The second-order valence-electron chi connectivity index (χ2n) is 4.20. The summed E-state index contributed by atoms with van der Waals surface area (Å²) in [6.45, 7) is 0.434. The molecule has 1 N–H and O–H groups in total. The number of hydrogen-bond acceptors (Lipinski definition) is 3. The lowest BCUT2D eigenvalue weighted by Gasteiger charge is -2.06. The summed E-state index contributed by atoms with van der Waals surface area (Å²) >= 11 is 1.61. The van der Waals surface area contributed by atoms with Crippen molar-refractivity contribution in [3.05, 3.63) is 41.8 Å². The largest absolute Gasteiger partial charge is 0.481 e. The Morgan fingerprint density at radius 2 is 2.11 bits per heavy atom. The van der Waals surface area contributed by atoms with Gasteiger partial charge in [0.1, 0.15) is 0 Å². The molecule has 0 radical (unpaired) electrons. The standard InChI is InChI=1S/C14H12N2O2S/c17-13(18)7-8-16-11-5-2-1-4-10(11)15-14(16)12-6-3-9-19-12/h1-6,9H,7-8H2,(H,17,18). The summed E-state index contributed by atoms with van der Waals surface area (Å²) in [5, 5.41) is 10.9. The number of carboxylic acid groups (broad SMARTS) is 1. The highest BCUT2D eigenvalue weighted by Crippen LogP contribution is 2.28. The molecular weight excluding hydrogens is 260 g/mol. The average Bonchev–Trinajstić information content (AvgIpc) is 3.03. The predicted octanol–water partition coefficient (Wildman–Crippen LogP) is 3.24. The van der Waals surface area contributed by atoms with E-state index in [-0.39, 0.29) is 6.42 Å². The van der Waals surface area contributed by atoms with Gasteiger partial charge in [-0.25, -0.2) is 4.98 Å². The van der Waals surface area contributed by atoms with Crippen molar-refractivity contribution in [1.29, 1.82) is 0 Å². The lowest BCUT2D eigenvalue weighted by molar-refractivity contribution is -0.137. The SMILES string of the molecule is O=C(O)CCn1c(-c2cccs2)nc2ccccc21. The van der Waals surface area contributed by atoms with Crippen LogP contribution in [0.4, 0.5) is 0 Å². The van der Waals surface area contributed by atoms with Crippen molar-refractivity contribution in [3.63, 3.8) is 0 Å². The molecule has 0 saturated carbocycles. The highest BCUT2D eigenvalue weighted by Gasteiger charge is 2.13. The Labute approximate surface area is 113 Å². The van der Waals surface area contributed by atoms with E-state index >= 15 is 0 Å². The van der Waals surface area contributed by atoms with Crippen LogP contribution in [0.15, 0.2) is 41.8 Å². The Balaban J connectivity index is 2.14. The van der Waals surface area contributed by atoms with Crippen molar-refractivity contribution < 1.29 is 9.90 Å². The highest BCUT2D eigenvalue weighted by molar-refractivity contribution is 7.13. The van der Waals surface area contributed by atoms with E-state index in [0.717, 1.165) is 21.7 Å². The number of carboxylic acids is 1. The highest BCUT2D eigenvalue weighted by atomic mass is 32.1. The third kappa shape index (κ3) is 2.24. The van der Waals surface area contributed by atoms with Gasteiger partial charge in [-0.15, -0.1) is 11.3 Å². The Morgan fingerprint density at radius 1 is 1.26 bits per heavy atom. The Bertz CT molecular complexity index is 716. The zero-order chi connectivity index (χ0) is 13.2. The molecule has 0 aliphatic heterocycles. The van der Waals surface area contributed by atoms with E-state index in [4.69, 9.17) is 5.11 Å². The van der Waals surface area contributed by atoms with Gasteiger partial charge in [-0.2, -0.15) is 0 Å². The second kappa shape index (κ2) is 4.85. The Morgan fingerprint density at radius 3 is 2.84 bits per heavy atom. The summed E-state index contributed by atoms with van der Waals surface area (Å²) in [6, 6.07) is 11.8. The molecule has 4 nitrogen and oxygen atoms in total. The number of thiophene rings is 1. The van der Waals surface area contributed by atoms with Crippen LogP contribution >= 0.6 is 11.3 Å². The van der Waals surface area contributed by atoms with Gasteiger partial charge >= 0.3 is 5.97 Å². The van der Waals surface area contributed by atoms with Crippen LogP contribution in [0.2, 0.25) is 0 Å². The van der Waals surface area contributed by atoms with E-state index in [1.54, 1.807) is 11.3 Å². The van der Waals surface area contributed by atoms with Crippen LogP contribution < -0.4 is 0 Å². The molecule has 1 aromatic carbocycles. The van der Waals surface area contributed by atoms with Crippen LogP contribution in [0.5, 0.6) is 0 Å². The first-order chi connectivity index (χ1) is 9.25. The number of nitrogens with zero attached hydrogens (tertiary/aromatic N) is 2. The number of aromatic nitrogens is 2. The molecule has 96 valence electrons. The van der Waals surface area contributed by atoms with Gasteiger partial charge in [-0.05, 0) is 23.6 Å². The van der Waals surface area contributed by atoms with Crippen molar-refractivity contribution in [1.82, 2.24) is 9.55 Å². The first-order valence-electron chi connectivity index (χ1n) is 5.96. The van der Waals surface area contributed by atoms with Gasteiger partial charge in [0.15, 0.2) is 5.82 Å². The molecule has 0 spiro atoms. The quantitative estimate of drug-likeness (QED) is 0.793. The van der Waals surface area contributed by atoms with Crippen molar-refractivity contribution in [3.8, 4) is 10.7 Å². The molecule has 3 rings (SSSR count). The lowest BCUT2D eigenvalue weighted by Crippen LogP contribution is -2.05. The monoisotopic (exact) mass is 272 g/mol. The molecule has 0 bridgehead atoms. The number of para-hydroxylation sites is 2. The molecule has 0 fully saturated rings. The van der Waals surface area contributed by atoms with Crippen LogP contribution in [0, 0.1) is 0 Å². The molecule has 0 aliphatic rings. The first-order valence-corrected chi connectivity index (χ1v) is 6.84. The molecule has 3 aromatic rings. The maximum Gasteiger partial charge on any atom is 0.305 e. The van der Waals surface area contributed by atoms with Gasteiger partial charge in [0, 0.05) is 6.54 Å². The summed E-state index contributed by atoms with van der Waals surface area (Å²) in [4.78, 5) is 16.5. The number of hydrogen-bond donors (Lipinski definition) is 1. The maximum atomic E-state index is 10.8. The molecular formula is C14H12N2O2S. The maximum absolute atomic E-state index is 10.8. The summed E-state index contributed by atoms with van der Waals surface area (Å²) in [5.41, 5.74) is 1.88. The lowest BCUT2D eigenvalue weighted by atomic mass is 10.3. The number of fused-ring (bicyclic) bond motifs is 1. The van der Waals surface area contributed by atoms with Crippen LogP contribution in [0.3, 0.4) is 0 Å². The van der Waals surface area contributed by atoms with Crippen LogP contribution in [0.1, 0.15) is 6.42 Å². The van der Waals surface area contributed by atoms with E-state index in [9.17, 15) is 4.79 Å². The topological polar surface area (TPSA) is 55.1 Å². The van der Waals surface area contributed by atoms with Gasteiger partial charge in [-0.3, -0.25) is 4.79 Å². The minimum atomic E-state index is -0.796. The van der Waals surface area contributed by atoms with Crippen molar-refractivity contribution in [2.45, 2.75) is 13.0 Å². The molecule has 0 atom stereocenters. The normalized spacial score (nSPS) is 10.9. The molecule has 2 heterocycles. The van der Waals surface area contributed by atoms with Gasteiger partial charge < -0.3 is 9.67 Å². The summed E-state index contributed by atoms with van der Waals surface area (Å²) in [7, 11) is 0. The van der Waals surface area contributed by atoms with E-state index in [0.29, 0.717) is 6.54 Å². The number of carbonyl (C=O) groups is 1. The number of benzene rings is 1. The summed E-state index contributed by atoms with van der Waals surface area (Å²) in [6.07, 6.45) is 0.0960. The van der Waals surface area contributed by atoms with Gasteiger partial charge in [0.2, 0.25) is 0 Å². The minimum absolute atomic E-state index is 0.0960. The van der Waals surface area contributed by atoms with E-state index in [2.05, 4.69) is 4.98 Å². The van der Waals surface area contributed by atoms with E-state index in [1.165, 1.54) is 0 Å². The molecule has 5 heteroatoms. The smallest absolute Gasteiger partial charge is 0.305 e. The van der Waals surface area contributed by atoms with Crippen molar-refractivity contribution in [2.75, 3.05) is 0 Å². The molecule has 0 saturated heterocycles. The average molecular weight is 272 g/mol. The van der Waals surface area contributed by atoms with Crippen molar-refractivity contribution in [2.24, 2.45) is 0 Å². The van der Waals surface area contributed by atoms with Crippen LogP contribution in [0.25, 0.3) is 21.7 Å². The molecule has 19 heavy (non-hydrogen) atoms. The summed E-state index contributed by atoms with van der Waals surface area (Å²) < 4.78 is 1.98. The minimum Gasteiger partial charge on any atom is -0.481 e. The van der Waals surface area contributed by atoms with Crippen LogP contribution in [-0.4, -0.2) is 20.6 Å². The third-order valence-corrected chi connectivity index (χ3v) is 3.81. The predicted molar refractivity (Wildman–Crippen MR) is 75.3 cm³/mol. The molecule has 0 unspecified atom stereocenters. The molecule has 0 amide bonds. The Kier molecular flexibility index (Phi) is 3.05. The van der Waals surface area contributed by atoms with Gasteiger partial charge in [0.25, 0.3) is 0 Å². The molecule has 0 aliphatic carbocycles. The van der Waals surface area contributed by atoms with E-state index < -0.39 is 5.97 Å². The fourth-order valence-electron chi connectivity index (χ4n) is 2.10. The zero-order valence-corrected chi connectivity index (χ0v) is 10.9. The van der Waals surface area contributed by atoms with Gasteiger partial charge in [-0.1, -0.05) is 18.2 Å². The molecule has 2 aromatic heterocycles. The first kappa shape index (κ1) is 11.9. The summed E-state index contributed by atoms with van der Waals surface area (Å²) in [5.74, 6) is 0.0485. The fraction of sp³-hybridized carbons (Fsp3) is 0.143. The fourth-order valence-corrected chi connectivity index (χ4v) is 2.83. The van der Waals surface area contributed by atoms with Crippen molar-refractivity contribution >= 4 is 28.3 Å². The zero-order valence-electron chi connectivity index (χ0n) is 10.1. The number of aryl methyl sites for hydroxylation is 1. The van der Waals surface area contributed by atoms with E-state index in [1.807, 2.05) is 46.3 Å². The second-order valence-corrected chi connectivity index (χ2v) is 5.14. The number of rotatable bonds is 4. The van der Waals surface area contributed by atoms with Crippen LogP contribution in [-0.2, 0) is 11.3 Å².